The van der Waals surface area contributed by atoms with E-state index in [1.165, 1.54) is 193 Å². The number of nitrogens with one attached hydrogen (secondary N) is 1. The predicted molar refractivity (Wildman–Crippen MR) is 183 cm³/mol. The summed E-state index contributed by atoms with van der Waals surface area (Å²) in [4.78, 5) is 11.4. The fraction of sp³-hybridized carbons (Fsp3) is 0.973. The first-order valence-electron chi connectivity index (χ1n) is 19.0. The van der Waals surface area contributed by atoms with Gasteiger partial charge in [-0.3, -0.25) is 5.43 Å². The maximum absolute atomic E-state index is 11.4. The molecule has 0 saturated carbocycles. The smallest absolute Gasteiger partial charge is 0.326 e. The Labute approximate surface area is 259 Å². The average molecular weight is 580 g/mol. The van der Waals surface area contributed by atoms with Gasteiger partial charge in [-0.1, -0.05) is 206 Å². The summed E-state index contributed by atoms with van der Waals surface area (Å²) in [7, 11) is 0. The molecule has 3 N–H and O–H groups in total. The minimum atomic E-state index is -0.419. The Hall–Kier alpha value is -0.770. The minimum absolute atomic E-state index is 0.419. The molecule has 0 aromatic heterocycles. The minimum Gasteiger partial charge on any atom is -0.351 e. The zero-order valence-corrected chi connectivity index (χ0v) is 28.5. The van der Waals surface area contributed by atoms with Crippen LogP contribution in [0, 0.1) is 0 Å². The second-order valence-corrected chi connectivity index (χ2v) is 13.1. The number of hydrogen-bond acceptors (Lipinski definition) is 2. The van der Waals surface area contributed by atoms with Crippen LogP contribution < -0.4 is 11.2 Å². The van der Waals surface area contributed by atoms with Crippen LogP contribution >= 0.6 is 0 Å². The second-order valence-electron chi connectivity index (χ2n) is 13.1. The van der Waals surface area contributed by atoms with Crippen molar-refractivity contribution in [2.24, 2.45) is 5.73 Å². The van der Waals surface area contributed by atoms with Gasteiger partial charge in [-0.2, -0.15) is 0 Å². The summed E-state index contributed by atoms with van der Waals surface area (Å²) in [6.45, 7) is 6.45. The van der Waals surface area contributed by atoms with Crippen molar-refractivity contribution in [3.8, 4) is 0 Å². The van der Waals surface area contributed by atoms with Gasteiger partial charge in [0, 0.05) is 13.1 Å². The van der Waals surface area contributed by atoms with Crippen molar-refractivity contribution in [1.29, 1.82) is 0 Å². The van der Waals surface area contributed by atoms with Gasteiger partial charge >= 0.3 is 6.03 Å². The number of nitrogens with two attached hydrogens (primary N) is 1. The zero-order valence-electron chi connectivity index (χ0n) is 28.5. The Kier molecular flexibility index (Phi) is 34.8. The number of hydrogen-bond donors (Lipinski definition) is 2. The van der Waals surface area contributed by atoms with Gasteiger partial charge in [-0.15, -0.1) is 0 Å². The molecule has 246 valence electrons. The number of carbonyl (C=O) groups is 1. The second kappa shape index (κ2) is 35.4. The lowest BCUT2D eigenvalue weighted by molar-refractivity contribution is 0.177. The summed E-state index contributed by atoms with van der Waals surface area (Å²) < 4.78 is 0. The summed E-state index contributed by atoms with van der Waals surface area (Å²) in [5.74, 6) is 0. The third kappa shape index (κ3) is 35.3. The summed E-state index contributed by atoms with van der Waals surface area (Å²) >= 11 is 0. The molecule has 0 aliphatic rings. The Bertz CT molecular complexity index is 463. The molecule has 0 bridgehead atoms. The Balaban J connectivity index is 3.46. The highest BCUT2D eigenvalue weighted by Gasteiger charge is 2.06. The van der Waals surface area contributed by atoms with Crippen LogP contribution in [0.3, 0.4) is 0 Å². The van der Waals surface area contributed by atoms with Crippen LogP contribution in [-0.2, 0) is 0 Å². The molecular weight excluding hydrogens is 502 g/mol. The van der Waals surface area contributed by atoms with Gasteiger partial charge in [0.05, 0.1) is 0 Å². The first-order valence-corrected chi connectivity index (χ1v) is 19.0. The number of amides is 2. The van der Waals surface area contributed by atoms with Crippen molar-refractivity contribution >= 4 is 6.03 Å². The van der Waals surface area contributed by atoms with Crippen LogP contribution in [0.2, 0.25) is 0 Å². The van der Waals surface area contributed by atoms with E-state index in [0.717, 1.165) is 25.9 Å². The zero-order chi connectivity index (χ0) is 29.9. The number of primary amides is 1. The van der Waals surface area contributed by atoms with Gasteiger partial charge in [0.15, 0.2) is 0 Å². The lowest BCUT2D eigenvalue weighted by Crippen LogP contribution is -2.45. The Morgan fingerprint density at radius 2 is 0.585 bits per heavy atom. The van der Waals surface area contributed by atoms with Crippen LogP contribution in [-0.4, -0.2) is 24.1 Å². The highest BCUT2D eigenvalue weighted by atomic mass is 16.2. The third-order valence-corrected chi connectivity index (χ3v) is 8.83. The van der Waals surface area contributed by atoms with Gasteiger partial charge in [-0.05, 0) is 12.8 Å². The molecule has 4 nitrogen and oxygen atoms in total. The summed E-state index contributed by atoms with van der Waals surface area (Å²) in [5.41, 5.74) is 8.28. The van der Waals surface area contributed by atoms with Gasteiger partial charge < -0.3 is 5.73 Å². The molecule has 0 fully saturated rings. The quantitative estimate of drug-likeness (QED) is 0.0579. The van der Waals surface area contributed by atoms with Crippen molar-refractivity contribution in [3.05, 3.63) is 0 Å². The van der Waals surface area contributed by atoms with E-state index < -0.39 is 6.03 Å². The molecule has 0 saturated heterocycles. The molecule has 0 aromatic rings. The maximum Gasteiger partial charge on any atom is 0.326 e. The molecular formula is C37H77N3O. The summed E-state index contributed by atoms with van der Waals surface area (Å²) in [6.07, 6.45) is 44.4. The molecule has 0 atom stereocenters. The van der Waals surface area contributed by atoms with Crippen molar-refractivity contribution in [3.63, 3.8) is 0 Å². The van der Waals surface area contributed by atoms with Crippen molar-refractivity contribution < 1.29 is 4.79 Å². The van der Waals surface area contributed by atoms with Gasteiger partial charge in [-0.25, -0.2) is 9.80 Å². The number of urea groups is 1. The van der Waals surface area contributed by atoms with Crippen LogP contribution in [0.25, 0.3) is 0 Å². The van der Waals surface area contributed by atoms with Crippen molar-refractivity contribution in [2.75, 3.05) is 13.1 Å². The predicted octanol–water partition coefficient (Wildman–Crippen LogP) is 12.4. The van der Waals surface area contributed by atoms with E-state index in [4.69, 9.17) is 5.73 Å². The maximum atomic E-state index is 11.4. The molecule has 0 rings (SSSR count). The Morgan fingerprint density at radius 3 is 0.780 bits per heavy atom. The molecule has 0 radical (unpaired) electrons. The molecule has 2 amide bonds. The number of carbonyl (C=O) groups excluding carboxylic acids is 1. The molecule has 41 heavy (non-hydrogen) atoms. The van der Waals surface area contributed by atoms with E-state index in [1.54, 1.807) is 0 Å². The highest BCUT2D eigenvalue weighted by molar-refractivity contribution is 5.70. The number of unbranched alkanes of at least 4 members (excludes halogenated alkanes) is 30. The van der Waals surface area contributed by atoms with Crippen molar-refractivity contribution in [2.45, 2.75) is 219 Å². The number of hydrazine groups is 1. The van der Waals surface area contributed by atoms with Gasteiger partial charge in [0.25, 0.3) is 0 Å². The molecule has 0 heterocycles. The van der Waals surface area contributed by atoms with E-state index in [9.17, 15) is 4.79 Å². The number of nitrogens with zero attached hydrogens (tertiary/aromatic N) is 1. The van der Waals surface area contributed by atoms with Crippen LogP contribution in [0.4, 0.5) is 4.79 Å². The molecule has 0 spiro atoms. The summed E-state index contributed by atoms with van der Waals surface area (Å²) in [5, 5.41) is 2.07. The lowest BCUT2D eigenvalue weighted by Gasteiger charge is -2.22. The third-order valence-electron chi connectivity index (χ3n) is 8.83. The van der Waals surface area contributed by atoms with Crippen LogP contribution in [0.1, 0.15) is 219 Å². The van der Waals surface area contributed by atoms with Gasteiger partial charge in [0.1, 0.15) is 0 Å². The van der Waals surface area contributed by atoms with E-state index in [1.807, 2.05) is 0 Å². The van der Waals surface area contributed by atoms with Gasteiger partial charge in [0.2, 0.25) is 0 Å². The largest absolute Gasteiger partial charge is 0.351 e. The first kappa shape index (κ1) is 40.2. The lowest BCUT2D eigenvalue weighted by atomic mass is 10.0. The van der Waals surface area contributed by atoms with E-state index in [-0.39, 0.29) is 0 Å². The molecule has 0 aliphatic carbocycles. The molecule has 0 aliphatic heterocycles. The number of rotatable bonds is 35. The fourth-order valence-electron chi connectivity index (χ4n) is 6.08. The van der Waals surface area contributed by atoms with E-state index in [0.29, 0.717) is 0 Å². The normalized spacial score (nSPS) is 11.5. The van der Waals surface area contributed by atoms with E-state index in [2.05, 4.69) is 24.3 Å². The average Bonchev–Trinajstić information content (AvgIpc) is 2.96. The van der Waals surface area contributed by atoms with Crippen molar-refractivity contribution in [1.82, 2.24) is 10.4 Å². The fourth-order valence-corrected chi connectivity index (χ4v) is 6.08. The standard InChI is InChI=1S/C37H77N3O/c1-3-5-7-9-11-13-15-17-19-21-23-25-27-29-31-33-35-40(39-37(38)41)36-34-32-30-28-26-24-22-20-18-16-14-12-10-8-6-4-2/h3-36H2,1-2H3,(H3,38,39,41). The first-order chi connectivity index (χ1) is 20.2. The molecule has 0 aromatic carbocycles. The molecule has 4 heteroatoms. The molecule has 0 unspecified atom stereocenters. The SMILES string of the molecule is CCCCCCCCCCCCCCCCCCN(CCCCCCCCCCCCCCCCCC)NC(N)=O. The monoisotopic (exact) mass is 580 g/mol. The van der Waals surface area contributed by atoms with Crippen LogP contribution in [0.15, 0.2) is 0 Å². The topological polar surface area (TPSA) is 58.4 Å². The van der Waals surface area contributed by atoms with Crippen LogP contribution in [0.5, 0.6) is 0 Å². The Morgan fingerprint density at radius 1 is 0.390 bits per heavy atom. The van der Waals surface area contributed by atoms with E-state index >= 15 is 0 Å². The highest BCUT2D eigenvalue weighted by Crippen LogP contribution is 2.15. The summed E-state index contributed by atoms with van der Waals surface area (Å²) in [6, 6.07) is -0.419.